The van der Waals surface area contributed by atoms with Gasteiger partial charge in [-0.3, -0.25) is 0 Å². The number of nitrogens with one attached hydrogen (secondary N) is 1. The van der Waals surface area contributed by atoms with Crippen molar-refractivity contribution in [2.24, 2.45) is 5.73 Å². The van der Waals surface area contributed by atoms with Gasteiger partial charge in [-0.2, -0.15) is 0 Å². The van der Waals surface area contributed by atoms with Crippen molar-refractivity contribution in [1.29, 1.82) is 0 Å². The number of hydrogen-bond acceptors (Lipinski definition) is 2. The summed E-state index contributed by atoms with van der Waals surface area (Å²) in [7, 11) is 0. The highest BCUT2D eigenvalue weighted by Gasteiger charge is 1.92. The first-order chi connectivity index (χ1) is 5.18. The average molecular weight is 188 g/mol. The van der Waals surface area contributed by atoms with E-state index in [9.17, 15) is 0 Å². The Balaban J connectivity index is 2.74. The number of nitrogens with zero attached hydrogens (tertiary/aromatic N) is 1. The standard InChI is InChI=1S/C6H6ClN3S/c7-5-2-1-4(3-9-5)10-6(8)11/h1-3H,(H3,8,10,11). The van der Waals surface area contributed by atoms with Crippen LogP contribution in [0.15, 0.2) is 18.3 Å². The van der Waals surface area contributed by atoms with Gasteiger partial charge in [0.15, 0.2) is 5.11 Å². The average Bonchev–Trinajstić information content (AvgIpc) is 1.93. The maximum atomic E-state index is 5.55. The molecule has 3 N–H and O–H groups in total. The minimum Gasteiger partial charge on any atom is -0.376 e. The highest BCUT2D eigenvalue weighted by molar-refractivity contribution is 7.80. The van der Waals surface area contributed by atoms with E-state index in [1.54, 1.807) is 18.3 Å². The van der Waals surface area contributed by atoms with Gasteiger partial charge in [0, 0.05) is 0 Å². The van der Waals surface area contributed by atoms with Gasteiger partial charge in [-0.1, -0.05) is 11.6 Å². The summed E-state index contributed by atoms with van der Waals surface area (Å²) in [6.45, 7) is 0. The molecule has 0 radical (unpaired) electrons. The third-order valence-electron chi connectivity index (χ3n) is 0.995. The second-order valence-electron chi connectivity index (χ2n) is 1.86. The fourth-order valence-corrected chi connectivity index (χ4v) is 0.822. The molecule has 0 spiro atoms. The van der Waals surface area contributed by atoms with E-state index in [-0.39, 0.29) is 5.11 Å². The SMILES string of the molecule is NC(=S)Nc1ccc(Cl)nc1. The zero-order valence-electron chi connectivity index (χ0n) is 5.54. The van der Waals surface area contributed by atoms with Gasteiger partial charge in [-0.15, -0.1) is 0 Å². The van der Waals surface area contributed by atoms with Crippen LogP contribution in [0.4, 0.5) is 5.69 Å². The van der Waals surface area contributed by atoms with Crippen LogP contribution in [0.1, 0.15) is 0 Å². The molecule has 1 aromatic heterocycles. The molecule has 0 saturated heterocycles. The van der Waals surface area contributed by atoms with Crippen LogP contribution in [0.25, 0.3) is 0 Å². The van der Waals surface area contributed by atoms with Crippen LogP contribution in [-0.4, -0.2) is 10.1 Å². The molecular formula is C6H6ClN3S. The Morgan fingerprint density at radius 3 is 2.82 bits per heavy atom. The maximum Gasteiger partial charge on any atom is 0.168 e. The summed E-state index contributed by atoms with van der Waals surface area (Å²) in [5.41, 5.74) is 5.96. The van der Waals surface area contributed by atoms with Crippen molar-refractivity contribution in [3.63, 3.8) is 0 Å². The highest BCUT2D eigenvalue weighted by atomic mass is 35.5. The van der Waals surface area contributed by atoms with Crippen molar-refractivity contribution >= 4 is 34.6 Å². The number of nitrogens with two attached hydrogens (primary N) is 1. The molecule has 0 amide bonds. The third-order valence-corrected chi connectivity index (χ3v) is 1.32. The van der Waals surface area contributed by atoms with Crippen LogP contribution >= 0.6 is 23.8 Å². The van der Waals surface area contributed by atoms with Gasteiger partial charge in [0.05, 0.1) is 11.9 Å². The molecule has 0 aliphatic heterocycles. The lowest BCUT2D eigenvalue weighted by Gasteiger charge is -2.01. The first-order valence-corrected chi connectivity index (χ1v) is 3.65. The number of thiocarbonyl (C=S) groups is 1. The zero-order chi connectivity index (χ0) is 8.27. The number of rotatable bonds is 1. The van der Waals surface area contributed by atoms with Crippen LogP contribution in [0, 0.1) is 0 Å². The second kappa shape index (κ2) is 3.50. The predicted octanol–water partition coefficient (Wildman–Crippen LogP) is 1.39. The van der Waals surface area contributed by atoms with E-state index in [2.05, 4.69) is 22.5 Å². The van der Waals surface area contributed by atoms with E-state index in [1.165, 1.54) is 0 Å². The van der Waals surface area contributed by atoms with Gasteiger partial charge >= 0.3 is 0 Å². The summed E-state index contributed by atoms with van der Waals surface area (Å²) in [4.78, 5) is 3.82. The number of halogens is 1. The van der Waals surface area contributed by atoms with Crippen LogP contribution in [0.2, 0.25) is 5.15 Å². The molecule has 0 bridgehead atoms. The van der Waals surface area contributed by atoms with Crippen LogP contribution in [0.5, 0.6) is 0 Å². The summed E-state index contributed by atoms with van der Waals surface area (Å²) in [5.74, 6) is 0. The predicted molar refractivity (Wildman–Crippen MR) is 49.7 cm³/mol. The summed E-state index contributed by atoms with van der Waals surface area (Å²) in [6, 6.07) is 3.40. The van der Waals surface area contributed by atoms with Crippen molar-refractivity contribution in [1.82, 2.24) is 4.98 Å². The number of anilines is 1. The Morgan fingerprint density at radius 1 is 1.64 bits per heavy atom. The molecule has 1 aromatic rings. The maximum absolute atomic E-state index is 5.55. The van der Waals surface area contributed by atoms with Gasteiger partial charge in [-0.05, 0) is 24.4 Å². The highest BCUT2D eigenvalue weighted by Crippen LogP contribution is 2.08. The Hall–Kier alpha value is -0.870. The zero-order valence-corrected chi connectivity index (χ0v) is 7.12. The van der Waals surface area contributed by atoms with Crippen molar-refractivity contribution in [3.8, 4) is 0 Å². The molecular weight excluding hydrogens is 182 g/mol. The summed E-state index contributed by atoms with van der Waals surface area (Å²) in [6.07, 6.45) is 1.56. The van der Waals surface area contributed by atoms with Crippen molar-refractivity contribution < 1.29 is 0 Å². The monoisotopic (exact) mass is 187 g/mol. The Morgan fingerprint density at radius 2 is 2.36 bits per heavy atom. The minimum absolute atomic E-state index is 0.217. The van der Waals surface area contributed by atoms with E-state index >= 15 is 0 Å². The van der Waals surface area contributed by atoms with Gasteiger partial charge < -0.3 is 11.1 Å². The molecule has 0 aliphatic rings. The molecule has 11 heavy (non-hydrogen) atoms. The molecule has 0 aliphatic carbocycles. The Kier molecular flexibility index (Phi) is 2.62. The largest absolute Gasteiger partial charge is 0.376 e. The smallest absolute Gasteiger partial charge is 0.168 e. The summed E-state index contributed by atoms with van der Waals surface area (Å²) >= 11 is 10.2. The van der Waals surface area contributed by atoms with E-state index in [1.807, 2.05) is 0 Å². The molecule has 58 valence electrons. The number of pyridine rings is 1. The third kappa shape index (κ3) is 2.69. The Bertz CT molecular complexity index is 259. The lowest BCUT2D eigenvalue weighted by molar-refractivity contribution is 1.33. The van der Waals surface area contributed by atoms with Crippen molar-refractivity contribution in [2.45, 2.75) is 0 Å². The van der Waals surface area contributed by atoms with Crippen molar-refractivity contribution in [2.75, 3.05) is 5.32 Å². The molecule has 0 fully saturated rings. The molecule has 1 rings (SSSR count). The molecule has 5 heteroatoms. The van der Waals surface area contributed by atoms with Crippen LogP contribution < -0.4 is 11.1 Å². The molecule has 0 saturated carbocycles. The van der Waals surface area contributed by atoms with Gasteiger partial charge in [0.25, 0.3) is 0 Å². The number of hydrogen-bond donors (Lipinski definition) is 2. The number of aromatic nitrogens is 1. The lowest BCUT2D eigenvalue weighted by Crippen LogP contribution is -2.18. The van der Waals surface area contributed by atoms with Crippen LogP contribution in [-0.2, 0) is 0 Å². The lowest BCUT2D eigenvalue weighted by atomic mass is 10.4. The van der Waals surface area contributed by atoms with E-state index in [0.717, 1.165) is 5.69 Å². The van der Waals surface area contributed by atoms with Gasteiger partial charge in [-0.25, -0.2) is 4.98 Å². The molecule has 0 aromatic carbocycles. The first kappa shape index (κ1) is 8.23. The van der Waals surface area contributed by atoms with E-state index in [4.69, 9.17) is 17.3 Å². The minimum atomic E-state index is 0.217. The summed E-state index contributed by atoms with van der Waals surface area (Å²) < 4.78 is 0. The summed E-state index contributed by atoms with van der Waals surface area (Å²) in [5, 5.41) is 3.38. The molecule has 3 nitrogen and oxygen atoms in total. The van der Waals surface area contributed by atoms with Gasteiger partial charge in [0.2, 0.25) is 0 Å². The first-order valence-electron chi connectivity index (χ1n) is 2.86. The van der Waals surface area contributed by atoms with Crippen LogP contribution in [0.3, 0.4) is 0 Å². The normalized spacial score (nSPS) is 9.18. The molecule has 0 atom stereocenters. The molecule has 1 heterocycles. The quantitative estimate of drug-likeness (QED) is 0.516. The van der Waals surface area contributed by atoms with Gasteiger partial charge in [0.1, 0.15) is 5.15 Å². The Labute approximate surface area is 74.6 Å². The molecule has 0 unspecified atom stereocenters. The fourth-order valence-electron chi connectivity index (χ4n) is 0.592. The van der Waals surface area contributed by atoms with Crippen molar-refractivity contribution in [3.05, 3.63) is 23.5 Å². The second-order valence-corrected chi connectivity index (χ2v) is 2.69. The topological polar surface area (TPSA) is 50.9 Å². The van der Waals surface area contributed by atoms with E-state index < -0.39 is 0 Å². The fraction of sp³-hybridized carbons (Fsp3) is 0. The van der Waals surface area contributed by atoms with E-state index in [0.29, 0.717) is 5.15 Å².